The number of nitrogens with zero attached hydrogens (tertiary/aromatic N) is 6. The van der Waals surface area contributed by atoms with Gasteiger partial charge < -0.3 is 38.4 Å². The van der Waals surface area contributed by atoms with E-state index in [0.29, 0.717) is 17.2 Å². The van der Waals surface area contributed by atoms with Crippen LogP contribution in [0.1, 0.15) is 5.56 Å². The molecule has 0 unspecified atom stereocenters. The van der Waals surface area contributed by atoms with E-state index in [4.69, 9.17) is 14.2 Å². The summed E-state index contributed by atoms with van der Waals surface area (Å²) in [7, 11) is 4.85. The number of aliphatic hydroxyl groups is 1. The number of fused-ring (bicyclic) bond motifs is 6. The van der Waals surface area contributed by atoms with Gasteiger partial charge in [-0.3, -0.25) is 9.97 Å². The number of pyridine rings is 4. The van der Waals surface area contributed by atoms with Crippen LogP contribution in [0.2, 0.25) is 0 Å². The van der Waals surface area contributed by atoms with Crippen molar-refractivity contribution < 1.29 is 40.4 Å². The van der Waals surface area contributed by atoms with Crippen molar-refractivity contribution in [2.75, 3.05) is 21.3 Å². The summed E-state index contributed by atoms with van der Waals surface area (Å²) >= 11 is 0. The van der Waals surface area contributed by atoms with E-state index in [2.05, 4.69) is 77.6 Å². The summed E-state index contributed by atoms with van der Waals surface area (Å²) in [5.74, 6) is 2.01. The van der Waals surface area contributed by atoms with Gasteiger partial charge >= 0.3 is 21.1 Å². The van der Waals surface area contributed by atoms with Crippen LogP contribution in [-0.4, -0.2) is 55.5 Å². The topological polar surface area (TPSA) is 109 Å². The number of methoxy groups -OCH3 is 3. The summed E-state index contributed by atoms with van der Waals surface area (Å²) in [6.45, 7) is -0.117. The van der Waals surface area contributed by atoms with Gasteiger partial charge in [-0.25, -0.2) is 0 Å². The molecule has 0 radical (unpaired) electrons. The molecule has 10 rings (SSSR count). The quantitative estimate of drug-likeness (QED) is 0.150. The first-order valence-corrected chi connectivity index (χ1v) is 18.5. The molecule has 59 heavy (non-hydrogen) atoms. The van der Waals surface area contributed by atoms with Crippen molar-refractivity contribution in [3.8, 4) is 51.1 Å². The number of aromatic nitrogens is 6. The van der Waals surface area contributed by atoms with Crippen LogP contribution in [0.15, 0.2) is 146 Å². The van der Waals surface area contributed by atoms with Crippen molar-refractivity contribution in [3.05, 3.63) is 164 Å². The van der Waals surface area contributed by atoms with E-state index in [0.717, 1.165) is 83.3 Å². The minimum atomic E-state index is -0.117. The molecule has 10 aromatic rings. The Labute approximate surface area is 354 Å². The Kier molecular flexibility index (Phi) is 11.2. The van der Waals surface area contributed by atoms with Crippen molar-refractivity contribution in [2.24, 2.45) is 0 Å². The van der Waals surface area contributed by atoms with Gasteiger partial charge in [0.2, 0.25) is 0 Å². The molecule has 0 amide bonds. The van der Waals surface area contributed by atoms with Crippen molar-refractivity contribution in [1.82, 2.24) is 29.1 Å². The molecule has 10 nitrogen and oxygen atoms in total. The molecular formula is C48H36N6O4Pt. The Morgan fingerprint density at radius 2 is 1.02 bits per heavy atom. The summed E-state index contributed by atoms with van der Waals surface area (Å²) in [6, 6.07) is 46.2. The summed E-state index contributed by atoms with van der Waals surface area (Å²) in [5, 5.41) is 12.0. The maximum Gasteiger partial charge on any atom is 2.00 e. The second-order valence-corrected chi connectivity index (χ2v) is 13.3. The predicted molar refractivity (Wildman–Crippen MR) is 227 cm³/mol. The second-order valence-electron chi connectivity index (χ2n) is 13.3. The predicted octanol–water partition coefficient (Wildman–Crippen LogP) is 9.60. The van der Waals surface area contributed by atoms with E-state index in [9.17, 15) is 5.11 Å². The molecule has 11 heteroatoms. The number of aliphatic hydroxyl groups excluding tert-OH is 1. The Bertz CT molecular complexity index is 2790. The van der Waals surface area contributed by atoms with E-state index in [-0.39, 0.29) is 27.7 Å². The molecule has 0 aliphatic rings. The van der Waals surface area contributed by atoms with E-state index in [1.807, 2.05) is 85.2 Å². The van der Waals surface area contributed by atoms with Crippen LogP contribution in [0.25, 0.3) is 77.8 Å². The van der Waals surface area contributed by atoms with E-state index < -0.39 is 0 Å². The first-order chi connectivity index (χ1) is 28.6. The van der Waals surface area contributed by atoms with Crippen LogP contribution in [0, 0.1) is 12.1 Å². The maximum atomic E-state index is 9.82. The number of hydrogen-bond acceptors (Lipinski definition) is 8. The molecule has 6 aromatic heterocycles. The van der Waals surface area contributed by atoms with Gasteiger partial charge in [0, 0.05) is 70.8 Å². The van der Waals surface area contributed by atoms with Gasteiger partial charge in [-0.2, -0.15) is 0 Å². The summed E-state index contributed by atoms with van der Waals surface area (Å²) in [6.07, 6.45) is 7.23. The van der Waals surface area contributed by atoms with Crippen LogP contribution in [0.5, 0.6) is 17.2 Å². The van der Waals surface area contributed by atoms with Gasteiger partial charge in [0.25, 0.3) is 0 Å². The fourth-order valence-corrected chi connectivity index (χ4v) is 7.45. The molecule has 0 aliphatic heterocycles. The minimum absolute atomic E-state index is 0. The third-order valence-electron chi connectivity index (χ3n) is 10.1. The molecule has 6 heterocycles. The molecule has 0 aliphatic carbocycles. The molecule has 0 saturated carbocycles. The second kappa shape index (κ2) is 16.9. The zero-order valence-corrected chi connectivity index (χ0v) is 34.5. The minimum Gasteiger partial charge on any atom is -0.540 e. The van der Waals surface area contributed by atoms with Crippen LogP contribution in [0.4, 0.5) is 0 Å². The molecule has 0 fully saturated rings. The molecule has 1 N–H and O–H groups in total. The third-order valence-corrected chi connectivity index (χ3v) is 10.1. The van der Waals surface area contributed by atoms with Gasteiger partial charge in [-0.1, -0.05) is 71.8 Å². The SMILES string of the molecule is COc1c[c-]c(-c2cc(-n3c4ccccc4c4ncccc43)ccn2)c(CO)c1.COc1c[c-]c(-c2cc(-n3c4ccccc4c4ncccc43)ccn2)c(OC)c1.[Pt+2]. The zero-order chi connectivity index (χ0) is 39.6. The zero-order valence-electron chi connectivity index (χ0n) is 32.2. The third kappa shape index (κ3) is 7.18. The Hall–Kier alpha value is -6.87. The van der Waals surface area contributed by atoms with Gasteiger partial charge in [0.15, 0.2) is 0 Å². The van der Waals surface area contributed by atoms with Gasteiger partial charge in [0.05, 0.1) is 54.4 Å². The van der Waals surface area contributed by atoms with Crippen molar-refractivity contribution in [3.63, 3.8) is 0 Å². The first-order valence-electron chi connectivity index (χ1n) is 18.5. The summed E-state index contributed by atoms with van der Waals surface area (Å²) < 4.78 is 20.5. The number of hydrogen-bond donors (Lipinski definition) is 1. The average molecular weight is 956 g/mol. The first kappa shape index (κ1) is 39.0. The Balaban J connectivity index is 0.000000161. The molecule has 0 bridgehead atoms. The van der Waals surface area contributed by atoms with Gasteiger partial charge in [-0.15, -0.1) is 29.8 Å². The molecule has 0 saturated heterocycles. The van der Waals surface area contributed by atoms with E-state index >= 15 is 0 Å². The molecule has 4 aromatic carbocycles. The van der Waals surface area contributed by atoms with Gasteiger partial charge in [-0.05, 0) is 59.9 Å². The van der Waals surface area contributed by atoms with Gasteiger partial charge in [0.1, 0.15) is 0 Å². The fraction of sp³-hybridized carbons (Fsp3) is 0.0833. The number of para-hydroxylation sites is 2. The van der Waals surface area contributed by atoms with Crippen LogP contribution < -0.4 is 14.2 Å². The van der Waals surface area contributed by atoms with Crippen molar-refractivity contribution >= 4 is 43.9 Å². The summed E-state index contributed by atoms with van der Waals surface area (Å²) in [5.41, 5.74) is 12.0. The van der Waals surface area contributed by atoms with Crippen LogP contribution in [-0.2, 0) is 27.7 Å². The Morgan fingerprint density at radius 1 is 0.525 bits per heavy atom. The largest absolute Gasteiger partial charge is 2.00 e. The standard InChI is InChI=1S/2C24H18N3O2.Pt/c1-28-17-9-10-18(23(15-17)29-2)20-14-16(11-13-25-20)27-21-7-4-3-6-19(21)24-22(27)8-5-12-26-24;1-29-18-8-9-19(16(13-18)15-28)21-14-17(10-12-25-21)27-22-6-3-2-5-20(22)24-23(27)7-4-11-26-24;/h3-9,11-15H,1-2H3;2-8,10-14,28H,15H2,1H3;/q2*-1;+2. The monoisotopic (exact) mass is 955 g/mol. The van der Waals surface area contributed by atoms with Crippen LogP contribution >= 0.6 is 0 Å². The number of rotatable bonds is 8. The average Bonchev–Trinajstić information content (AvgIpc) is 3.82. The fourth-order valence-electron chi connectivity index (χ4n) is 7.45. The maximum absolute atomic E-state index is 9.82. The smallest absolute Gasteiger partial charge is 0.540 e. The Morgan fingerprint density at radius 3 is 1.54 bits per heavy atom. The summed E-state index contributed by atoms with van der Waals surface area (Å²) in [4.78, 5) is 18.3. The normalized spacial score (nSPS) is 11.0. The molecule has 292 valence electrons. The molecular weight excluding hydrogens is 920 g/mol. The number of benzene rings is 4. The van der Waals surface area contributed by atoms with E-state index in [1.54, 1.807) is 45.9 Å². The molecule has 0 atom stereocenters. The van der Waals surface area contributed by atoms with Crippen LogP contribution in [0.3, 0.4) is 0 Å². The van der Waals surface area contributed by atoms with Crippen molar-refractivity contribution in [2.45, 2.75) is 6.61 Å². The number of ether oxygens (including phenoxy) is 3. The molecule has 0 spiro atoms. The van der Waals surface area contributed by atoms with E-state index in [1.165, 1.54) is 0 Å². The van der Waals surface area contributed by atoms with Crippen molar-refractivity contribution in [1.29, 1.82) is 0 Å².